The Morgan fingerprint density at radius 1 is 1.33 bits per heavy atom. The summed E-state index contributed by atoms with van der Waals surface area (Å²) in [4.78, 5) is 13.1. The van der Waals surface area contributed by atoms with Gasteiger partial charge in [-0.15, -0.1) is 0 Å². The first kappa shape index (κ1) is 16.0. The molecule has 1 unspecified atom stereocenters. The van der Waals surface area contributed by atoms with E-state index in [0.29, 0.717) is 6.04 Å². The Kier molecular flexibility index (Phi) is 6.21. The van der Waals surface area contributed by atoms with Crippen LogP contribution in [0, 0.1) is 0 Å². The average molecular weight is 291 g/mol. The molecule has 0 aliphatic carbocycles. The molecule has 116 valence electrons. The van der Waals surface area contributed by atoms with Crippen molar-refractivity contribution in [3.63, 3.8) is 0 Å². The summed E-state index contributed by atoms with van der Waals surface area (Å²) in [7, 11) is 0. The Labute approximate surface area is 126 Å². The lowest BCUT2D eigenvalue weighted by molar-refractivity contribution is -0.145. The van der Waals surface area contributed by atoms with Crippen molar-refractivity contribution in [2.24, 2.45) is 0 Å². The van der Waals surface area contributed by atoms with Gasteiger partial charge in [0.15, 0.2) is 0 Å². The molecule has 1 aliphatic rings. The van der Waals surface area contributed by atoms with Crippen molar-refractivity contribution in [1.82, 2.24) is 4.90 Å². The Balaban J connectivity index is 1.90. The first-order chi connectivity index (χ1) is 10.2. The van der Waals surface area contributed by atoms with Crippen LogP contribution >= 0.6 is 0 Å². The van der Waals surface area contributed by atoms with Crippen molar-refractivity contribution in [2.45, 2.75) is 44.8 Å². The summed E-state index contributed by atoms with van der Waals surface area (Å²) in [6.07, 6.45) is 4.25. The van der Waals surface area contributed by atoms with Crippen molar-refractivity contribution < 1.29 is 14.6 Å². The number of piperidine rings is 1. The van der Waals surface area contributed by atoms with Gasteiger partial charge < -0.3 is 9.84 Å². The van der Waals surface area contributed by atoms with Gasteiger partial charge in [-0.1, -0.05) is 43.7 Å². The number of rotatable bonds is 7. The Morgan fingerprint density at radius 2 is 2.00 bits per heavy atom. The molecule has 4 nitrogen and oxygen atoms in total. The van der Waals surface area contributed by atoms with E-state index in [-0.39, 0.29) is 12.7 Å². The van der Waals surface area contributed by atoms with Crippen LogP contribution in [-0.4, -0.2) is 41.8 Å². The zero-order valence-corrected chi connectivity index (χ0v) is 12.7. The van der Waals surface area contributed by atoms with E-state index in [4.69, 9.17) is 9.84 Å². The zero-order valence-electron chi connectivity index (χ0n) is 12.7. The SMILES string of the molecule is CCCC(c1ccccc1)N1CCC(OCC(=O)O)CC1. The van der Waals surface area contributed by atoms with Crippen molar-refractivity contribution >= 4 is 5.97 Å². The van der Waals surface area contributed by atoms with Gasteiger partial charge in [-0.2, -0.15) is 0 Å². The van der Waals surface area contributed by atoms with Gasteiger partial charge in [0.25, 0.3) is 0 Å². The lowest BCUT2D eigenvalue weighted by atomic mass is 9.97. The van der Waals surface area contributed by atoms with Gasteiger partial charge in [-0.25, -0.2) is 4.79 Å². The molecule has 2 rings (SSSR count). The fraction of sp³-hybridized carbons (Fsp3) is 0.588. The molecule has 1 aromatic rings. The molecule has 0 amide bonds. The van der Waals surface area contributed by atoms with Gasteiger partial charge in [0.2, 0.25) is 0 Å². The summed E-state index contributed by atoms with van der Waals surface area (Å²) < 4.78 is 5.41. The molecule has 0 spiro atoms. The van der Waals surface area contributed by atoms with E-state index in [9.17, 15) is 4.79 Å². The quantitative estimate of drug-likeness (QED) is 0.838. The van der Waals surface area contributed by atoms with Crippen LogP contribution in [0.2, 0.25) is 0 Å². The monoisotopic (exact) mass is 291 g/mol. The van der Waals surface area contributed by atoms with E-state index >= 15 is 0 Å². The van der Waals surface area contributed by atoms with Crippen molar-refractivity contribution in [3.8, 4) is 0 Å². The van der Waals surface area contributed by atoms with Crippen molar-refractivity contribution in [3.05, 3.63) is 35.9 Å². The van der Waals surface area contributed by atoms with Crippen molar-refractivity contribution in [2.75, 3.05) is 19.7 Å². The number of hydrogen-bond donors (Lipinski definition) is 1. The van der Waals surface area contributed by atoms with Crippen LogP contribution in [0.4, 0.5) is 0 Å². The summed E-state index contributed by atoms with van der Waals surface area (Å²) >= 11 is 0. The second kappa shape index (κ2) is 8.15. The number of ether oxygens (including phenoxy) is 1. The number of nitrogens with zero attached hydrogens (tertiary/aromatic N) is 1. The molecule has 1 aromatic carbocycles. The molecule has 1 saturated heterocycles. The van der Waals surface area contributed by atoms with Gasteiger partial charge in [0.1, 0.15) is 6.61 Å². The average Bonchev–Trinajstić information content (AvgIpc) is 2.52. The minimum atomic E-state index is -0.884. The smallest absolute Gasteiger partial charge is 0.329 e. The maximum Gasteiger partial charge on any atom is 0.329 e. The molecule has 1 N–H and O–H groups in total. The fourth-order valence-electron chi connectivity index (χ4n) is 3.05. The second-order valence-corrected chi connectivity index (χ2v) is 5.66. The highest BCUT2D eigenvalue weighted by atomic mass is 16.5. The first-order valence-electron chi connectivity index (χ1n) is 7.83. The van der Waals surface area contributed by atoms with Gasteiger partial charge in [-0.3, -0.25) is 4.90 Å². The third kappa shape index (κ3) is 4.83. The fourth-order valence-corrected chi connectivity index (χ4v) is 3.05. The van der Waals surface area contributed by atoms with Crippen LogP contribution in [-0.2, 0) is 9.53 Å². The maximum absolute atomic E-state index is 10.5. The number of carbonyl (C=O) groups is 1. The third-order valence-electron chi connectivity index (χ3n) is 4.11. The lowest BCUT2D eigenvalue weighted by Gasteiger charge is -2.37. The Morgan fingerprint density at radius 3 is 2.57 bits per heavy atom. The number of carboxylic acid groups (broad SMARTS) is 1. The summed E-state index contributed by atoms with van der Waals surface area (Å²) in [5.74, 6) is -0.884. The number of hydrogen-bond acceptors (Lipinski definition) is 3. The molecule has 1 aliphatic heterocycles. The minimum Gasteiger partial charge on any atom is -0.480 e. The summed E-state index contributed by atoms with van der Waals surface area (Å²) in [5, 5.41) is 8.67. The topological polar surface area (TPSA) is 49.8 Å². The second-order valence-electron chi connectivity index (χ2n) is 5.66. The van der Waals surface area contributed by atoms with Crippen LogP contribution in [0.5, 0.6) is 0 Å². The molecular formula is C17H25NO3. The first-order valence-corrected chi connectivity index (χ1v) is 7.83. The molecule has 0 radical (unpaired) electrons. The molecule has 1 heterocycles. The van der Waals surface area contributed by atoms with E-state index in [1.54, 1.807) is 0 Å². The molecule has 0 aromatic heterocycles. The molecule has 21 heavy (non-hydrogen) atoms. The van der Waals surface area contributed by atoms with Gasteiger partial charge in [-0.05, 0) is 24.8 Å². The minimum absolute atomic E-state index is 0.0930. The predicted octanol–water partition coefficient (Wildman–Crippen LogP) is 3.09. The van der Waals surface area contributed by atoms with Crippen LogP contribution in [0.15, 0.2) is 30.3 Å². The summed E-state index contributed by atoms with van der Waals surface area (Å²) in [6.45, 7) is 3.99. The normalized spacial score (nSPS) is 18.5. The molecule has 0 saturated carbocycles. The van der Waals surface area contributed by atoms with Crippen molar-refractivity contribution in [1.29, 1.82) is 0 Å². The van der Waals surface area contributed by atoms with E-state index < -0.39 is 5.97 Å². The predicted molar refractivity (Wildman–Crippen MR) is 82.3 cm³/mol. The summed E-state index contributed by atoms with van der Waals surface area (Å²) in [5.41, 5.74) is 1.38. The number of aliphatic carboxylic acids is 1. The highest BCUT2D eigenvalue weighted by Gasteiger charge is 2.26. The van der Waals surface area contributed by atoms with E-state index in [1.807, 2.05) is 0 Å². The van der Waals surface area contributed by atoms with Gasteiger partial charge >= 0.3 is 5.97 Å². The van der Waals surface area contributed by atoms with E-state index in [2.05, 4.69) is 42.2 Å². The van der Waals surface area contributed by atoms with Crippen LogP contribution in [0.3, 0.4) is 0 Å². The Hall–Kier alpha value is -1.39. The number of likely N-dealkylation sites (tertiary alicyclic amines) is 1. The van der Waals surface area contributed by atoms with Crippen LogP contribution in [0.1, 0.15) is 44.2 Å². The molecule has 4 heteroatoms. The lowest BCUT2D eigenvalue weighted by Crippen LogP contribution is -2.39. The van der Waals surface area contributed by atoms with Gasteiger partial charge in [0, 0.05) is 19.1 Å². The highest BCUT2D eigenvalue weighted by molar-refractivity contribution is 5.68. The molecular weight excluding hydrogens is 266 g/mol. The molecule has 1 atom stereocenters. The maximum atomic E-state index is 10.5. The largest absolute Gasteiger partial charge is 0.480 e. The highest BCUT2D eigenvalue weighted by Crippen LogP contribution is 2.29. The molecule has 1 fully saturated rings. The van der Waals surface area contributed by atoms with Crippen LogP contribution < -0.4 is 0 Å². The van der Waals surface area contributed by atoms with Gasteiger partial charge in [0.05, 0.1) is 6.10 Å². The van der Waals surface area contributed by atoms with Crippen LogP contribution in [0.25, 0.3) is 0 Å². The zero-order chi connectivity index (χ0) is 15.1. The third-order valence-corrected chi connectivity index (χ3v) is 4.11. The number of carboxylic acids is 1. The number of benzene rings is 1. The molecule has 0 bridgehead atoms. The summed E-state index contributed by atoms with van der Waals surface area (Å²) in [6, 6.07) is 11.1. The Bertz CT molecular complexity index is 427. The van der Waals surface area contributed by atoms with E-state index in [0.717, 1.165) is 38.8 Å². The standard InChI is InChI=1S/C17H25NO3/c1-2-6-16(14-7-4-3-5-8-14)18-11-9-15(10-12-18)21-13-17(19)20/h3-5,7-8,15-16H,2,6,9-13H2,1H3,(H,19,20). The van der Waals surface area contributed by atoms with E-state index in [1.165, 1.54) is 5.56 Å².